The largest absolute Gasteiger partial charge is 0.481 e. The smallest absolute Gasteiger partial charge is 0.309 e. The third-order valence-electron chi connectivity index (χ3n) is 32.7. The Balaban J connectivity index is 0.000000182. The summed E-state index contributed by atoms with van der Waals surface area (Å²) in [5, 5.41) is 90.5. The molecule has 30 nitrogen and oxygen atoms in total. The van der Waals surface area contributed by atoms with Crippen molar-refractivity contribution in [2.75, 3.05) is 67.9 Å². The van der Waals surface area contributed by atoms with Crippen LogP contribution in [0.2, 0.25) is 0 Å². The van der Waals surface area contributed by atoms with Crippen LogP contribution in [0.3, 0.4) is 0 Å². The number of hydrogen-bond acceptors (Lipinski definition) is 24. The first-order chi connectivity index (χ1) is 69.5. The Morgan fingerprint density at radius 2 is 0.669 bits per heavy atom. The van der Waals surface area contributed by atoms with Crippen molar-refractivity contribution in [3.63, 3.8) is 0 Å². The van der Waals surface area contributed by atoms with Crippen LogP contribution < -0.4 is 21.3 Å². The zero-order valence-electron chi connectivity index (χ0n) is 89.8. The molecule has 10 N–H and O–H groups in total. The van der Waals surface area contributed by atoms with Gasteiger partial charge in [0.05, 0.1) is 115 Å². The fourth-order valence-electron chi connectivity index (χ4n) is 24.1. The summed E-state index contributed by atoms with van der Waals surface area (Å²) in [5.41, 5.74) is 15.6. The van der Waals surface area contributed by atoms with Crippen molar-refractivity contribution < 1.29 is 84.5 Å². The van der Waals surface area contributed by atoms with Crippen LogP contribution in [0.25, 0.3) is 27.6 Å². The number of hydrogen-bond donors (Lipinski definition) is 10. The number of rotatable bonds is 38. The molecule has 17 rings (SSSR count). The molecule has 9 aliphatic rings. The summed E-state index contributed by atoms with van der Waals surface area (Å²) in [4.78, 5) is 69.7. The molecule has 1 saturated heterocycles. The molecule has 8 aliphatic carbocycles. The number of aromatic nitrogens is 12. The van der Waals surface area contributed by atoms with Crippen LogP contribution in [0.15, 0.2) is 55.1 Å². The maximum Gasteiger partial charge on any atom is 0.309 e. The minimum absolute atomic E-state index is 0. The molecule has 8 aromatic rings. The van der Waals surface area contributed by atoms with Crippen molar-refractivity contribution in [2.24, 2.45) is 23.7 Å². The number of morpholine rings is 1. The van der Waals surface area contributed by atoms with Crippen LogP contribution in [0.5, 0.6) is 0 Å². The van der Waals surface area contributed by atoms with Gasteiger partial charge < -0.3 is 78.4 Å². The maximum absolute atomic E-state index is 13.1. The van der Waals surface area contributed by atoms with Crippen LogP contribution in [0, 0.1) is 31.1 Å². The molecule has 1 amide bonds. The predicted octanol–water partition coefficient (Wildman–Crippen LogP) is 22.6. The van der Waals surface area contributed by atoms with Gasteiger partial charge >= 0.3 is 17.9 Å². The molecule has 31 heteroatoms. The molecule has 810 valence electrons. The number of carbonyl (C=O) groups is 4. The Kier molecular flexibility index (Phi) is 47.9. The number of ether oxygens (including phenoxy) is 3. The Labute approximate surface area is 877 Å². The molecule has 7 saturated carbocycles. The average Bonchev–Trinajstić information content (AvgIpc) is 1.63. The molecule has 8 fully saturated rings. The van der Waals surface area contributed by atoms with Crippen molar-refractivity contribution in [3.05, 3.63) is 108 Å². The van der Waals surface area contributed by atoms with Crippen molar-refractivity contribution in [1.29, 1.82) is 0 Å². The third kappa shape index (κ3) is 32.4. The Morgan fingerprint density at radius 3 is 0.972 bits per heavy atom. The van der Waals surface area contributed by atoms with Gasteiger partial charge in [-0.2, -0.15) is 0 Å². The minimum Gasteiger partial charge on any atom is -0.481 e. The van der Waals surface area contributed by atoms with E-state index in [4.69, 9.17) is 49.7 Å². The topological polar surface area (TPSA) is 389 Å². The van der Waals surface area contributed by atoms with Gasteiger partial charge in [-0.3, -0.25) is 19.2 Å². The average molecular weight is 2100 g/mol. The van der Waals surface area contributed by atoms with Crippen LogP contribution >= 0.6 is 0 Å². The predicted molar refractivity (Wildman–Crippen MR) is 572 cm³/mol. The summed E-state index contributed by atoms with van der Waals surface area (Å²) in [7, 11) is 1.00. The van der Waals surface area contributed by atoms with Gasteiger partial charge in [0.15, 0.2) is 0 Å². The van der Waals surface area contributed by atoms with Gasteiger partial charge in [-0.15, -0.1) is 20.4 Å². The van der Waals surface area contributed by atoms with Crippen LogP contribution in [0.1, 0.15) is 457 Å². The number of anilines is 4. The molecule has 8 aromatic heterocycles. The first-order valence-corrected chi connectivity index (χ1v) is 56.4. The number of unbranched alkanes of at least 4 members (excludes halogenated alkanes) is 8. The van der Waals surface area contributed by atoms with Crippen LogP contribution in [0.4, 0.5) is 23.8 Å². The second kappa shape index (κ2) is 59.4. The quantitative estimate of drug-likeness (QED) is 0.00743. The maximum atomic E-state index is 13.1. The monoisotopic (exact) mass is 2100 g/mol. The van der Waals surface area contributed by atoms with E-state index in [1.807, 2.05) is 43.5 Å². The van der Waals surface area contributed by atoms with Gasteiger partial charge in [0.2, 0.25) is 29.7 Å². The van der Waals surface area contributed by atoms with E-state index in [1.54, 1.807) is 0 Å². The summed E-state index contributed by atoms with van der Waals surface area (Å²) in [6.45, 7) is 25.1. The van der Waals surface area contributed by atoms with Crippen molar-refractivity contribution >= 4 is 75.2 Å². The number of fused-ring (bicyclic) bond motifs is 4. The fourth-order valence-corrected chi connectivity index (χ4v) is 24.1. The number of esters is 2. The normalized spacial score (nSPS) is 25.3. The molecule has 0 radical (unpaired) electrons. The molecule has 0 bridgehead atoms. The number of aliphatic carboxylic acids is 1. The Morgan fingerprint density at radius 1 is 0.379 bits per heavy atom. The number of aliphatic hydroxyl groups is 5. The van der Waals surface area contributed by atoms with Gasteiger partial charge in [-0.1, -0.05) is 111 Å². The van der Waals surface area contributed by atoms with E-state index in [0.717, 1.165) is 261 Å². The number of carboxylic acid groups (broad SMARTS) is 1. The summed E-state index contributed by atoms with van der Waals surface area (Å²) >= 11 is 0. The zero-order chi connectivity index (χ0) is 101. The Bertz CT molecular complexity index is 5250. The molecule has 1 unspecified atom stereocenters. The van der Waals surface area contributed by atoms with Gasteiger partial charge in [-0.25, -0.2) is 38.0 Å². The van der Waals surface area contributed by atoms with E-state index in [9.17, 15) is 44.7 Å². The molecule has 0 spiro atoms. The number of carboxylic acids is 1. The summed E-state index contributed by atoms with van der Waals surface area (Å²) in [5.74, 6) is 4.92. The van der Waals surface area contributed by atoms with Gasteiger partial charge in [0.25, 0.3) is 0 Å². The number of nitrogens with one attached hydrogen (secondary N) is 4. The van der Waals surface area contributed by atoms with Gasteiger partial charge in [0, 0.05) is 123 Å². The molecular formula is C114H180N17O13Pd-. The number of allylic oxidation sites excluding steroid dienone is 2. The van der Waals surface area contributed by atoms with E-state index in [-0.39, 0.29) is 87.9 Å². The molecule has 145 heavy (non-hydrogen) atoms. The van der Waals surface area contributed by atoms with E-state index in [1.165, 1.54) is 128 Å². The second-order valence-corrected chi connectivity index (χ2v) is 43.4. The molecule has 5 atom stereocenters. The van der Waals surface area contributed by atoms with E-state index in [0.29, 0.717) is 128 Å². The standard InChI is InChI=1S/C30H47N5O3.C28H44N4O3.C28H42N4O3.C26H40N4O3.CH4O.CH3.Pd/c1-3-4-5-6-21(2)32-30-31-20-28-26(19-27(35(28)33-30)23-11-13-25(36)14-12-23)22-7-9-24(10-8-22)29(37)34-15-17-38-18-16-34;2*1-4-6-7-8-19(3)30-28-29-18-26-24(20-9-11-22(12-10-20)27(34)35-5-2)17-25(32(26)31-28)21-13-15-23(33)16-14-21;1-3-4-5-6-17(2)28-26-27-16-24-22(18-7-9-20(10-8-18)25(32)33)15-23(30(24)29-26)19-11-13-21(31)14-12-19;1-2;;/h19-25,36H,3-18H2,1-2H3,(H,32,33);17-23,33H,4-16H2,1-3H3,(H,30,31);9,17-19,21-23,33H,4-8,10-16H2,1-3H3,(H,30,31);15-21,31H,3-14H2,1-2H3,(H,28,29)(H,32,33);2H,1H3;1H3;/q;;;;;-1;/t21-,22?,23?,24?,25?;19-,20?,21?,22?,23?;19-,21?,22?,23?;17-,18?,19?,20?,21?;;;/m0000.../s1. The zero-order valence-corrected chi connectivity index (χ0v) is 91.4. The number of carbonyl (C=O) groups excluding carboxylic acids is 3. The molecule has 0 aromatic carbocycles. The summed E-state index contributed by atoms with van der Waals surface area (Å²) in [6.07, 6.45) is 56.4. The van der Waals surface area contributed by atoms with E-state index < -0.39 is 5.97 Å². The van der Waals surface area contributed by atoms with E-state index >= 15 is 0 Å². The van der Waals surface area contributed by atoms with Crippen LogP contribution in [-0.4, -0.2) is 213 Å². The molecule has 1 aliphatic heterocycles. The first-order valence-electron chi connectivity index (χ1n) is 56.4. The van der Waals surface area contributed by atoms with Crippen molar-refractivity contribution in [2.45, 2.75) is 461 Å². The molecular weight excluding hydrogens is 1920 g/mol. The van der Waals surface area contributed by atoms with Crippen LogP contribution in [-0.2, 0) is 53.8 Å². The fraction of sp³-hybridized carbons (Fsp3) is 0.728. The van der Waals surface area contributed by atoms with Gasteiger partial charge in [-0.05, 0) is 331 Å². The SMILES string of the molecule is CCCCC[C@H](C)Nc1ncc2c(C3=CCC(C(=O)OCC)CC3)cc(C3CCC(O)CC3)n2n1.CCCCC[C@H](C)Nc1ncc2c(C3CCC(C(=O)N4CCOCC4)CC3)cc(C3CCC(O)CC3)n2n1.CCCCC[C@H](C)Nc1ncc2c(C3CCC(C(=O)O)CC3)cc(C3CCC(O)CC3)n2n1.CCCCC[C@H](C)Nc1ncc2c(C3CCC(C(=O)OCC)CC3)cc(C3CCC(O)CC3)n2n1.CO.[CH3-].[Pd]. The number of aliphatic hydroxyl groups excluding tert-OH is 5. The van der Waals surface area contributed by atoms with Crippen molar-refractivity contribution in [1.82, 2.24) is 63.3 Å². The minimum atomic E-state index is -0.663. The molecule has 9 heterocycles. The first kappa shape index (κ1) is 117. The third-order valence-corrected chi connectivity index (χ3v) is 32.7. The second-order valence-electron chi connectivity index (χ2n) is 43.4. The summed E-state index contributed by atoms with van der Waals surface area (Å²) in [6, 6.07) is 10.7. The van der Waals surface area contributed by atoms with Gasteiger partial charge in [0.1, 0.15) is 0 Å². The summed E-state index contributed by atoms with van der Waals surface area (Å²) < 4.78 is 24.4. The number of amides is 1. The van der Waals surface area contributed by atoms with E-state index in [2.05, 4.69) is 135 Å². The Hall–Kier alpha value is -8.28. The number of nitrogens with zero attached hydrogens (tertiary/aromatic N) is 13. The van der Waals surface area contributed by atoms with Crippen molar-refractivity contribution in [3.8, 4) is 0 Å².